The molecule has 10 heteroatoms. The number of carbonyl (C=O) groups excluding carboxylic acids is 1. The molecule has 5 rings (SSSR count). The summed E-state index contributed by atoms with van der Waals surface area (Å²) in [6.45, 7) is 0. The molecule has 33 heavy (non-hydrogen) atoms. The molecule has 2 aliphatic carbocycles. The van der Waals surface area contributed by atoms with Gasteiger partial charge in [0, 0.05) is 24.0 Å². The lowest BCUT2D eigenvalue weighted by atomic mass is 9.77. The first-order valence-electron chi connectivity index (χ1n) is 11.2. The van der Waals surface area contributed by atoms with Crippen molar-refractivity contribution in [2.24, 2.45) is 5.73 Å². The smallest absolute Gasteiger partial charge is 0.254 e. The second-order valence-corrected chi connectivity index (χ2v) is 9.02. The predicted octanol–water partition coefficient (Wildman–Crippen LogP) is 3.76. The monoisotopic (exact) mass is 448 g/mol. The fraction of sp³-hybridized carbons (Fsp3) is 0.435. The quantitative estimate of drug-likeness (QED) is 0.566. The summed E-state index contributed by atoms with van der Waals surface area (Å²) >= 11 is 0. The molecule has 2 aliphatic rings. The minimum atomic E-state index is -0.623. The molecule has 3 aromatic rings. The Hall–Kier alpha value is -3.74. The van der Waals surface area contributed by atoms with Crippen LogP contribution in [0.3, 0.4) is 0 Å². The lowest BCUT2D eigenvalue weighted by Gasteiger charge is -2.38. The molecule has 3 N–H and O–H groups in total. The molecule has 9 nitrogen and oxygen atoms in total. The third-order valence-electron chi connectivity index (χ3n) is 6.76. The number of hydrogen-bond acceptors (Lipinski definition) is 6. The number of benzene rings is 1. The van der Waals surface area contributed by atoms with Gasteiger partial charge < -0.3 is 11.1 Å². The van der Waals surface area contributed by atoms with Crippen LogP contribution in [0.5, 0.6) is 0 Å². The molecule has 0 spiro atoms. The SMILES string of the molecule is N#CCC1(n2cc(C(N)=O)c(Nc3ccc(F)cc3)n2)CCC(n2cc(C3CC3)nn2)CC1. The molecule has 0 radical (unpaired) electrons. The van der Waals surface area contributed by atoms with E-state index in [4.69, 9.17) is 5.73 Å². The summed E-state index contributed by atoms with van der Waals surface area (Å²) in [5, 5.41) is 25.9. The van der Waals surface area contributed by atoms with Gasteiger partial charge in [0.2, 0.25) is 0 Å². The van der Waals surface area contributed by atoms with Crippen molar-refractivity contribution >= 4 is 17.4 Å². The normalized spacial score (nSPS) is 22.6. The van der Waals surface area contributed by atoms with Crippen LogP contribution in [0.2, 0.25) is 0 Å². The number of nitrogens with two attached hydrogens (primary N) is 1. The van der Waals surface area contributed by atoms with E-state index in [1.54, 1.807) is 23.0 Å². The van der Waals surface area contributed by atoms with Crippen molar-refractivity contribution in [3.63, 3.8) is 0 Å². The van der Waals surface area contributed by atoms with Crippen molar-refractivity contribution in [2.45, 2.75) is 62.4 Å². The first kappa shape index (κ1) is 21.1. The number of rotatable bonds is 7. The number of nitrogens with zero attached hydrogens (tertiary/aromatic N) is 6. The number of anilines is 2. The Morgan fingerprint density at radius 1 is 1.21 bits per heavy atom. The molecular formula is C23H25FN8O. The second kappa shape index (κ2) is 8.31. The fourth-order valence-electron chi connectivity index (χ4n) is 4.63. The van der Waals surface area contributed by atoms with Crippen molar-refractivity contribution < 1.29 is 9.18 Å². The minimum absolute atomic E-state index is 0.222. The second-order valence-electron chi connectivity index (χ2n) is 9.02. The Balaban J connectivity index is 1.38. The van der Waals surface area contributed by atoms with Gasteiger partial charge in [0.05, 0.1) is 29.8 Å². The Morgan fingerprint density at radius 2 is 1.94 bits per heavy atom. The van der Waals surface area contributed by atoms with Gasteiger partial charge in [0.15, 0.2) is 5.82 Å². The lowest BCUT2D eigenvalue weighted by molar-refractivity contribution is 0.1000. The molecule has 2 saturated carbocycles. The summed E-state index contributed by atoms with van der Waals surface area (Å²) < 4.78 is 16.9. The van der Waals surface area contributed by atoms with Crippen molar-refractivity contribution in [1.29, 1.82) is 5.26 Å². The number of aromatic nitrogens is 5. The van der Waals surface area contributed by atoms with Gasteiger partial charge in [-0.2, -0.15) is 10.4 Å². The summed E-state index contributed by atoms with van der Waals surface area (Å²) in [7, 11) is 0. The highest BCUT2D eigenvalue weighted by Crippen LogP contribution is 2.43. The number of hydrogen-bond donors (Lipinski definition) is 2. The number of nitrogens with one attached hydrogen (secondary N) is 1. The van der Waals surface area contributed by atoms with E-state index in [2.05, 4.69) is 33.0 Å². The third-order valence-corrected chi connectivity index (χ3v) is 6.76. The first-order chi connectivity index (χ1) is 16.0. The Bertz CT molecular complexity index is 1200. The van der Waals surface area contributed by atoms with Gasteiger partial charge in [0.25, 0.3) is 5.91 Å². The largest absolute Gasteiger partial charge is 0.365 e. The molecule has 2 fully saturated rings. The van der Waals surface area contributed by atoms with E-state index in [0.29, 0.717) is 30.3 Å². The third kappa shape index (κ3) is 4.18. The molecular weight excluding hydrogens is 423 g/mol. The highest BCUT2D eigenvalue weighted by molar-refractivity contribution is 5.98. The van der Waals surface area contributed by atoms with E-state index in [0.717, 1.165) is 18.5 Å². The molecule has 170 valence electrons. The highest BCUT2D eigenvalue weighted by atomic mass is 19.1. The van der Waals surface area contributed by atoms with Crippen LogP contribution in [-0.2, 0) is 5.54 Å². The molecule has 0 aliphatic heterocycles. The van der Waals surface area contributed by atoms with E-state index in [-0.39, 0.29) is 23.8 Å². The molecule has 0 bridgehead atoms. The molecule has 0 unspecified atom stereocenters. The number of halogens is 1. The first-order valence-corrected chi connectivity index (χ1v) is 11.2. The van der Waals surface area contributed by atoms with Crippen LogP contribution >= 0.6 is 0 Å². The zero-order valence-electron chi connectivity index (χ0n) is 18.1. The van der Waals surface area contributed by atoms with Gasteiger partial charge in [-0.3, -0.25) is 9.48 Å². The number of primary amides is 1. The van der Waals surface area contributed by atoms with Gasteiger partial charge in [0.1, 0.15) is 11.4 Å². The topological polar surface area (TPSA) is 127 Å². The molecule has 0 atom stereocenters. The van der Waals surface area contributed by atoms with Crippen LogP contribution in [0.4, 0.5) is 15.9 Å². The van der Waals surface area contributed by atoms with E-state index in [1.807, 2.05) is 4.68 Å². The van der Waals surface area contributed by atoms with Gasteiger partial charge >= 0.3 is 0 Å². The van der Waals surface area contributed by atoms with Crippen LogP contribution in [-0.4, -0.2) is 30.7 Å². The molecule has 1 aromatic carbocycles. The van der Waals surface area contributed by atoms with Crippen LogP contribution in [0.15, 0.2) is 36.7 Å². The van der Waals surface area contributed by atoms with Crippen LogP contribution in [0, 0.1) is 17.1 Å². The lowest BCUT2D eigenvalue weighted by Crippen LogP contribution is -2.38. The molecule has 0 saturated heterocycles. The Morgan fingerprint density at radius 3 is 2.58 bits per heavy atom. The average Bonchev–Trinajstić information content (AvgIpc) is 3.37. The summed E-state index contributed by atoms with van der Waals surface area (Å²) in [6.07, 6.45) is 9.37. The van der Waals surface area contributed by atoms with Crippen molar-refractivity contribution in [3.8, 4) is 6.07 Å². The van der Waals surface area contributed by atoms with Crippen molar-refractivity contribution in [2.75, 3.05) is 5.32 Å². The maximum absolute atomic E-state index is 13.3. The average molecular weight is 449 g/mol. The predicted molar refractivity (Wildman–Crippen MR) is 118 cm³/mol. The Labute approximate surface area is 190 Å². The van der Waals surface area contributed by atoms with Gasteiger partial charge in [-0.1, -0.05) is 5.21 Å². The van der Waals surface area contributed by atoms with Crippen molar-refractivity contribution in [1.82, 2.24) is 24.8 Å². The minimum Gasteiger partial charge on any atom is -0.365 e. The van der Waals surface area contributed by atoms with Crippen LogP contribution in [0.25, 0.3) is 0 Å². The standard InChI is InChI=1S/C23H25FN8O/c24-16-3-5-17(6-4-16)27-22-19(21(26)33)13-32(29-22)23(11-12-25)9-7-18(8-10-23)31-14-20(28-30-31)15-1-2-15/h3-6,13-15,18H,1-2,7-11H2,(H2,26,33)(H,27,29). The zero-order chi connectivity index (χ0) is 23.0. The van der Waals surface area contributed by atoms with Crippen molar-refractivity contribution in [3.05, 3.63) is 53.7 Å². The number of nitriles is 1. The molecule has 2 heterocycles. The fourth-order valence-corrected chi connectivity index (χ4v) is 4.63. The maximum Gasteiger partial charge on any atom is 0.254 e. The van der Waals surface area contributed by atoms with Gasteiger partial charge in [-0.15, -0.1) is 5.10 Å². The highest BCUT2D eigenvalue weighted by Gasteiger charge is 2.40. The summed E-state index contributed by atoms with van der Waals surface area (Å²) in [5.41, 5.74) is 6.94. The van der Waals surface area contributed by atoms with E-state index >= 15 is 0 Å². The summed E-state index contributed by atoms with van der Waals surface area (Å²) in [5.74, 6) is -0.133. The number of carbonyl (C=O) groups is 1. The van der Waals surface area contributed by atoms with Gasteiger partial charge in [-0.05, 0) is 62.8 Å². The molecule has 1 amide bonds. The van der Waals surface area contributed by atoms with Gasteiger partial charge in [-0.25, -0.2) is 9.07 Å². The van der Waals surface area contributed by atoms with Crippen LogP contribution < -0.4 is 11.1 Å². The van der Waals surface area contributed by atoms with E-state index in [9.17, 15) is 14.4 Å². The van der Waals surface area contributed by atoms with Crippen LogP contribution in [0.1, 0.15) is 73.0 Å². The van der Waals surface area contributed by atoms with E-state index < -0.39 is 11.4 Å². The molecule has 2 aromatic heterocycles. The number of amides is 1. The maximum atomic E-state index is 13.3. The zero-order valence-corrected chi connectivity index (χ0v) is 18.1. The summed E-state index contributed by atoms with van der Waals surface area (Å²) in [4.78, 5) is 12.1. The summed E-state index contributed by atoms with van der Waals surface area (Å²) in [6, 6.07) is 8.28. The Kier molecular flexibility index (Phi) is 5.32. The van der Waals surface area contributed by atoms with E-state index in [1.165, 1.54) is 25.0 Å².